The van der Waals surface area contributed by atoms with Crippen molar-refractivity contribution in [2.24, 2.45) is 0 Å². The van der Waals surface area contributed by atoms with Crippen LogP contribution in [0.15, 0.2) is 12.2 Å². The fourth-order valence-corrected chi connectivity index (χ4v) is 8.40. The molecule has 0 aromatic rings. The summed E-state index contributed by atoms with van der Waals surface area (Å²) in [6, 6.07) is -0.961. The SMILES string of the molecule is CCCCCCCCCCCCCCCCCC/C=C/C(O)C(COC1OC(CO)C(OC2OC(CO)C(OC3OC(CO)C(O)C(O)C3O)C(O)C2O)C(O)C1O)NC(=O)CCCC. The zero-order chi connectivity index (χ0) is 47.7. The van der Waals surface area contributed by atoms with Crippen LogP contribution in [0.5, 0.6) is 0 Å². The predicted molar refractivity (Wildman–Crippen MR) is 236 cm³/mol. The molecule has 3 aliphatic rings. The molecule has 1 amide bonds. The van der Waals surface area contributed by atoms with Crippen LogP contribution in [-0.2, 0) is 33.2 Å². The van der Waals surface area contributed by atoms with Crippen molar-refractivity contribution in [1.29, 1.82) is 0 Å². The standard InChI is InChI=1S/C46H85NO18/c1-3-5-7-8-9-10-11-12-13-14-15-16-17-18-19-20-21-22-23-30(51)29(47-34(52)24-6-4-2)28-60-44-40(58)37(55)42(32(26-49)62-44)65-46-41(59)38(56)43(33(27-50)63-46)64-45-39(57)36(54)35(53)31(25-48)61-45/h22-23,29-33,35-46,48-51,53-59H,3-21,24-28H2,1-2H3,(H,47,52)/b23-22+. The molecule has 19 heteroatoms. The summed E-state index contributed by atoms with van der Waals surface area (Å²) in [5, 5.41) is 119. The molecule has 3 rings (SSSR count). The van der Waals surface area contributed by atoms with Gasteiger partial charge in [0, 0.05) is 6.42 Å². The summed E-state index contributed by atoms with van der Waals surface area (Å²) in [7, 11) is 0. The summed E-state index contributed by atoms with van der Waals surface area (Å²) in [5.41, 5.74) is 0. The highest BCUT2D eigenvalue weighted by Gasteiger charge is 2.53. The molecular weight excluding hydrogens is 854 g/mol. The molecule has 3 aliphatic heterocycles. The second-order valence-corrected chi connectivity index (χ2v) is 17.9. The van der Waals surface area contributed by atoms with E-state index in [9.17, 15) is 61.0 Å². The van der Waals surface area contributed by atoms with Crippen LogP contribution in [0.3, 0.4) is 0 Å². The van der Waals surface area contributed by atoms with Gasteiger partial charge in [-0.1, -0.05) is 129 Å². The van der Waals surface area contributed by atoms with Crippen molar-refractivity contribution in [3.05, 3.63) is 12.2 Å². The van der Waals surface area contributed by atoms with Gasteiger partial charge in [-0.15, -0.1) is 0 Å². The fraction of sp³-hybridized carbons (Fsp3) is 0.935. The number of carbonyl (C=O) groups excluding carboxylic acids is 1. The van der Waals surface area contributed by atoms with Gasteiger partial charge in [-0.05, 0) is 19.3 Å². The third-order valence-electron chi connectivity index (χ3n) is 12.6. The molecule has 3 saturated heterocycles. The lowest BCUT2D eigenvalue weighted by molar-refractivity contribution is -0.379. The van der Waals surface area contributed by atoms with Crippen LogP contribution in [0.4, 0.5) is 0 Å². The van der Waals surface area contributed by atoms with E-state index in [0.717, 1.165) is 32.1 Å². The molecule has 0 bridgehead atoms. The van der Waals surface area contributed by atoms with E-state index in [4.69, 9.17) is 28.4 Å². The van der Waals surface area contributed by atoms with E-state index in [0.29, 0.717) is 6.42 Å². The van der Waals surface area contributed by atoms with E-state index in [1.807, 2.05) is 13.0 Å². The molecule has 19 nitrogen and oxygen atoms in total. The van der Waals surface area contributed by atoms with E-state index >= 15 is 0 Å². The Bertz CT molecular complexity index is 1260. The van der Waals surface area contributed by atoms with Gasteiger partial charge in [0.2, 0.25) is 5.91 Å². The minimum Gasteiger partial charge on any atom is -0.394 e. The highest BCUT2D eigenvalue weighted by Crippen LogP contribution is 2.33. The molecule has 12 N–H and O–H groups in total. The molecule has 0 radical (unpaired) electrons. The molecule has 0 saturated carbocycles. The van der Waals surface area contributed by atoms with E-state index < -0.39 is 124 Å². The Balaban J connectivity index is 1.48. The maximum absolute atomic E-state index is 12.7. The summed E-state index contributed by atoms with van der Waals surface area (Å²) < 4.78 is 33.8. The second-order valence-electron chi connectivity index (χ2n) is 17.9. The Kier molecular flexibility index (Phi) is 28.8. The third-order valence-corrected chi connectivity index (χ3v) is 12.6. The summed E-state index contributed by atoms with van der Waals surface area (Å²) in [6.45, 7) is 1.42. The van der Waals surface area contributed by atoms with Gasteiger partial charge < -0.3 is 89.9 Å². The van der Waals surface area contributed by atoms with Crippen molar-refractivity contribution < 1.29 is 89.4 Å². The Labute approximate surface area is 385 Å². The molecule has 0 aromatic heterocycles. The average molecular weight is 940 g/mol. The number of rotatable bonds is 33. The number of hydrogen-bond acceptors (Lipinski definition) is 18. The predicted octanol–water partition coefficient (Wildman–Crippen LogP) is 0.695. The Morgan fingerprint density at radius 2 is 0.954 bits per heavy atom. The van der Waals surface area contributed by atoms with Crippen LogP contribution in [-0.4, -0.2) is 193 Å². The first-order valence-electron chi connectivity index (χ1n) is 24.4. The number of unbranched alkanes of at least 4 members (excludes halogenated alkanes) is 17. The average Bonchev–Trinajstić information content (AvgIpc) is 3.30. The highest BCUT2D eigenvalue weighted by atomic mass is 16.8. The summed E-state index contributed by atoms with van der Waals surface area (Å²) >= 11 is 0. The lowest BCUT2D eigenvalue weighted by Crippen LogP contribution is -2.66. The number of aliphatic hydroxyl groups excluding tert-OH is 11. The van der Waals surface area contributed by atoms with Crippen LogP contribution in [0.25, 0.3) is 0 Å². The van der Waals surface area contributed by atoms with Crippen LogP contribution >= 0.6 is 0 Å². The number of carbonyl (C=O) groups is 1. The maximum Gasteiger partial charge on any atom is 0.220 e. The van der Waals surface area contributed by atoms with E-state index in [1.54, 1.807) is 6.08 Å². The Hall–Kier alpha value is -1.47. The Morgan fingerprint density at radius 3 is 1.43 bits per heavy atom. The molecule has 3 heterocycles. The number of aliphatic hydroxyl groups is 11. The van der Waals surface area contributed by atoms with Gasteiger partial charge in [-0.25, -0.2) is 0 Å². The van der Waals surface area contributed by atoms with Crippen molar-refractivity contribution in [3.63, 3.8) is 0 Å². The minimum atomic E-state index is -1.97. The van der Waals surface area contributed by atoms with Gasteiger partial charge in [0.05, 0.1) is 38.6 Å². The van der Waals surface area contributed by atoms with Gasteiger partial charge in [-0.2, -0.15) is 0 Å². The van der Waals surface area contributed by atoms with Crippen molar-refractivity contribution in [1.82, 2.24) is 5.32 Å². The van der Waals surface area contributed by atoms with E-state index in [1.165, 1.54) is 83.5 Å². The number of hydrogen-bond donors (Lipinski definition) is 12. The topological polar surface area (TPSA) is 307 Å². The Morgan fingerprint density at radius 1 is 0.538 bits per heavy atom. The molecular formula is C46H85NO18. The molecule has 382 valence electrons. The molecule has 0 aliphatic carbocycles. The van der Waals surface area contributed by atoms with Gasteiger partial charge in [0.15, 0.2) is 18.9 Å². The van der Waals surface area contributed by atoms with Crippen molar-refractivity contribution >= 4 is 5.91 Å². The fourth-order valence-electron chi connectivity index (χ4n) is 8.40. The summed E-state index contributed by atoms with van der Waals surface area (Å²) in [4.78, 5) is 12.7. The third kappa shape index (κ3) is 19.1. The van der Waals surface area contributed by atoms with E-state index in [2.05, 4.69) is 12.2 Å². The largest absolute Gasteiger partial charge is 0.394 e. The van der Waals surface area contributed by atoms with Crippen LogP contribution in [0, 0.1) is 0 Å². The normalized spacial score (nSPS) is 34.2. The van der Waals surface area contributed by atoms with Gasteiger partial charge in [0.1, 0.15) is 73.2 Å². The van der Waals surface area contributed by atoms with Crippen LogP contribution in [0.2, 0.25) is 0 Å². The molecule has 3 fully saturated rings. The summed E-state index contributed by atoms with van der Waals surface area (Å²) in [5.74, 6) is -0.312. The number of nitrogens with one attached hydrogen (secondary N) is 1. The first kappa shape index (κ1) is 57.8. The second kappa shape index (κ2) is 32.4. The minimum absolute atomic E-state index is 0.219. The smallest absolute Gasteiger partial charge is 0.220 e. The number of allylic oxidation sites excluding steroid dienone is 1. The van der Waals surface area contributed by atoms with Crippen LogP contribution < -0.4 is 5.32 Å². The first-order chi connectivity index (χ1) is 31.3. The molecule has 17 atom stereocenters. The molecule has 0 spiro atoms. The molecule has 65 heavy (non-hydrogen) atoms. The van der Waals surface area contributed by atoms with E-state index in [-0.39, 0.29) is 18.9 Å². The summed E-state index contributed by atoms with van der Waals surface area (Å²) in [6.07, 6.45) is -0.552. The highest BCUT2D eigenvalue weighted by molar-refractivity contribution is 5.76. The zero-order valence-corrected chi connectivity index (χ0v) is 38.7. The van der Waals surface area contributed by atoms with Crippen molar-refractivity contribution in [3.8, 4) is 0 Å². The monoisotopic (exact) mass is 940 g/mol. The first-order valence-corrected chi connectivity index (χ1v) is 24.4. The quantitative estimate of drug-likeness (QED) is 0.0318. The number of ether oxygens (including phenoxy) is 6. The lowest BCUT2D eigenvalue weighted by atomic mass is 9.96. The van der Waals surface area contributed by atoms with Crippen LogP contribution in [0.1, 0.15) is 142 Å². The van der Waals surface area contributed by atoms with Gasteiger partial charge in [-0.3, -0.25) is 4.79 Å². The van der Waals surface area contributed by atoms with Crippen molar-refractivity contribution in [2.75, 3.05) is 26.4 Å². The number of amides is 1. The van der Waals surface area contributed by atoms with Gasteiger partial charge in [0.25, 0.3) is 0 Å². The molecule has 0 aromatic carbocycles. The maximum atomic E-state index is 12.7. The van der Waals surface area contributed by atoms with Gasteiger partial charge >= 0.3 is 0 Å². The van der Waals surface area contributed by atoms with Crippen molar-refractivity contribution in [2.45, 2.75) is 247 Å². The molecule has 17 unspecified atom stereocenters. The lowest BCUT2D eigenvalue weighted by Gasteiger charge is -2.48. The zero-order valence-electron chi connectivity index (χ0n) is 38.7.